The molecule has 0 radical (unpaired) electrons. The lowest BCUT2D eigenvalue weighted by Crippen LogP contribution is -2.32. The van der Waals surface area contributed by atoms with Crippen LogP contribution in [0.2, 0.25) is 5.02 Å². The van der Waals surface area contributed by atoms with Gasteiger partial charge in [0.05, 0.1) is 16.7 Å². The number of piperidine rings is 1. The van der Waals surface area contributed by atoms with Crippen molar-refractivity contribution in [2.45, 2.75) is 45.7 Å². The van der Waals surface area contributed by atoms with Crippen LogP contribution in [0.25, 0.3) is 0 Å². The summed E-state index contributed by atoms with van der Waals surface area (Å²) < 4.78 is 3.03. The van der Waals surface area contributed by atoms with Crippen LogP contribution in [0.1, 0.15) is 49.4 Å². The SMILES string of the molecule is CC(C)C(=O)Nc1cccc(C2CCN(Cc3nn(Cc4ccc(Cl)cc4)cc3Br)CC2)c1. The first-order valence-corrected chi connectivity index (χ1v) is 12.6. The summed E-state index contributed by atoms with van der Waals surface area (Å²) in [4.78, 5) is 14.5. The predicted octanol–water partition coefficient (Wildman–Crippen LogP) is 6.32. The van der Waals surface area contributed by atoms with Crippen LogP contribution in [0.3, 0.4) is 0 Å². The van der Waals surface area contributed by atoms with E-state index >= 15 is 0 Å². The number of likely N-dealkylation sites (tertiary alicyclic amines) is 1. The Labute approximate surface area is 209 Å². The molecule has 1 aromatic heterocycles. The lowest BCUT2D eigenvalue weighted by atomic mass is 9.89. The summed E-state index contributed by atoms with van der Waals surface area (Å²) in [6.07, 6.45) is 4.25. The normalized spacial score (nSPS) is 15.2. The van der Waals surface area contributed by atoms with Crippen molar-refractivity contribution in [1.82, 2.24) is 14.7 Å². The maximum absolute atomic E-state index is 12.0. The Kier molecular flexibility index (Phi) is 7.89. The fraction of sp³-hybridized carbons (Fsp3) is 0.385. The highest BCUT2D eigenvalue weighted by Gasteiger charge is 2.22. The molecular formula is C26H30BrClN4O. The summed E-state index contributed by atoms with van der Waals surface area (Å²) in [7, 11) is 0. The summed E-state index contributed by atoms with van der Waals surface area (Å²) in [6, 6.07) is 16.2. The van der Waals surface area contributed by atoms with E-state index in [2.05, 4.69) is 38.3 Å². The monoisotopic (exact) mass is 528 g/mol. The van der Waals surface area contributed by atoms with E-state index in [1.807, 2.05) is 61.1 Å². The zero-order valence-electron chi connectivity index (χ0n) is 19.1. The Balaban J connectivity index is 1.32. The van der Waals surface area contributed by atoms with Crippen molar-refractivity contribution in [2.24, 2.45) is 5.92 Å². The van der Waals surface area contributed by atoms with Gasteiger partial charge < -0.3 is 5.32 Å². The van der Waals surface area contributed by atoms with Gasteiger partial charge in [0.1, 0.15) is 0 Å². The summed E-state index contributed by atoms with van der Waals surface area (Å²) in [5.74, 6) is 0.553. The average molecular weight is 530 g/mol. The summed E-state index contributed by atoms with van der Waals surface area (Å²) in [5.41, 5.74) is 4.45. The third kappa shape index (κ3) is 6.46. The van der Waals surface area contributed by atoms with Crippen LogP contribution in [0.15, 0.2) is 59.2 Å². The Morgan fingerprint density at radius 2 is 1.88 bits per heavy atom. The van der Waals surface area contributed by atoms with Gasteiger partial charge in [-0.3, -0.25) is 14.4 Å². The van der Waals surface area contributed by atoms with Crippen LogP contribution in [-0.4, -0.2) is 33.7 Å². The molecule has 0 aliphatic carbocycles. The van der Waals surface area contributed by atoms with Crippen molar-refractivity contribution >= 4 is 39.1 Å². The second-order valence-corrected chi connectivity index (χ2v) is 10.4. The minimum absolute atomic E-state index is 0.0223. The van der Waals surface area contributed by atoms with Crippen molar-refractivity contribution in [3.63, 3.8) is 0 Å². The number of halogens is 2. The van der Waals surface area contributed by atoms with Crippen LogP contribution < -0.4 is 5.32 Å². The number of carbonyl (C=O) groups excluding carboxylic acids is 1. The molecular weight excluding hydrogens is 500 g/mol. The standard InChI is InChI=1S/C26H30BrClN4O/c1-18(2)26(33)29-23-5-3-4-21(14-23)20-10-12-31(13-11-20)17-25-24(27)16-32(30-25)15-19-6-8-22(28)9-7-19/h3-9,14,16,18,20H,10-13,15,17H2,1-2H3,(H,29,33). The Morgan fingerprint density at radius 1 is 1.15 bits per heavy atom. The topological polar surface area (TPSA) is 50.2 Å². The van der Waals surface area contributed by atoms with Gasteiger partial charge in [-0.25, -0.2) is 0 Å². The van der Waals surface area contributed by atoms with Crippen molar-refractivity contribution in [2.75, 3.05) is 18.4 Å². The molecule has 0 spiro atoms. The second-order valence-electron chi connectivity index (χ2n) is 9.07. The molecule has 0 bridgehead atoms. The highest BCUT2D eigenvalue weighted by molar-refractivity contribution is 9.10. The third-order valence-corrected chi connectivity index (χ3v) is 7.07. The average Bonchev–Trinajstić information content (AvgIpc) is 3.14. The lowest BCUT2D eigenvalue weighted by molar-refractivity contribution is -0.118. The highest BCUT2D eigenvalue weighted by atomic mass is 79.9. The summed E-state index contributed by atoms with van der Waals surface area (Å²) >= 11 is 9.68. The van der Waals surface area contributed by atoms with E-state index < -0.39 is 0 Å². The molecule has 1 aliphatic rings. The maximum Gasteiger partial charge on any atom is 0.226 e. The molecule has 0 saturated carbocycles. The zero-order valence-corrected chi connectivity index (χ0v) is 21.4. The first-order valence-electron chi connectivity index (χ1n) is 11.5. The fourth-order valence-electron chi connectivity index (χ4n) is 4.20. The van der Waals surface area contributed by atoms with Gasteiger partial charge in [0.25, 0.3) is 0 Å². The molecule has 0 atom stereocenters. The van der Waals surface area contributed by atoms with E-state index in [0.717, 1.165) is 59.9 Å². The number of hydrogen-bond donors (Lipinski definition) is 1. The predicted molar refractivity (Wildman–Crippen MR) is 138 cm³/mol. The van der Waals surface area contributed by atoms with E-state index in [9.17, 15) is 4.79 Å². The number of aromatic nitrogens is 2. The van der Waals surface area contributed by atoms with E-state index in [1.54, 1.807) is 0 Å². The number of amides is 1. The van der Waals surface area contributed by atoms with Crippen LogP contribution >= 0.6 is 27.5 Å². The number of carbonyl (C=O) groups is 1. The minimum atomic E-state index is -0.0223. The molecule has 2 heterocycles. The number of benzene rings is 2. The third-order valence-electron chi connectivity index (χ3n) is 6.16. The van der Waals surface area contributed by atoms with Crippen molar-refractivity contribution in [3.8, 4) is 0 Å². The van der Waals surface area contributed by atoms with E-state index in [4.69, 9.17) is 16.7 Å². The van der Waals surface area contributed by atoms with Crippen molar-refractivity contribution in [1.29, 1.82) is 0 Å². The second kappa shape index (κ2) is 10.9. The molecule has 1 aliphatic heterocycles. The molecule has 7 heteroatoms. The van der Waals surface area contributed by atoms with E-state index in [-0.39, 0.29) is 11.8 Å². The zero-order chi connectivity index (χ0) is 23.4. The first kappa shape index (κ1) is 24.0. The summed E-state index contributed by atoms with van der Waals surface area (Å²) in [5, 5.41) is 8.57. The minimum Gasteiger partial charge on any atom is -0.326 e. The Bertz CT molecular complexity index is 1090. The van der Waals surface area contributed by atoms with Crippen LogP contribution in [0.5, 0.6) is 0 Å². The van der Waals surface area contributed by atoms with Crippen LogP contribution in [0.4, 0.5) is 5.69 Å². The maximum atomic E-state index is 12.0. The van der Waals surface area contributed by atoms with Gasteiger partial charge in [0.15, 0.2) is 0 Å². The molecule has 33 heavy (non-hydrogen) atoms. The van der Waals surface area contributed by atoms with Gasteiger partial charge in [0.2, 0.25) is 5.91 Å². The number of rotatable bonds is 7. The van der Waals surface area contributed by atoms with Crippen LogP contribution in [0, 0.1) is 5.92 Å². The molecule has 174 valence electrons. The molecule has 2 aromatic carbocycles. The van der Waals surface area contributed by atoms with E-state index in [0.29, 0.717) is 5.92 Å². The van der Waals surface area contributed by atoms with Crippen molar-refractivity contribution in [3.05, 3.63) is 81.0 Å². The number of nitrogens with zero attached hydrogens (tertiary/aromatic N) is 3. The molecule has 1 saturated heterocycles. The van der Waals surface area contributed by atoms with Gasteiger partial charge in [-0.2, -0.15) is 5.10 Å². The molecule has 5 nitrogen and oxygen atoms in total. The molecule has 4 rings (SSSR count). The quantitative estimate of drug-likeness (QED) is 0.389. The van der Waals surface area contributed by atoms with Gasteiger partial charge in [0, 0.05) is 29.4 Å². The molecule has 1 amide bonds. The molecule has 1 N–H and O–H groups in total. The molecule has 1 fully saturated rings. The summed E-state index contributed by atoms with van der Waals surface area (Å²) in [6.45, 7) is 7.45. The van der Waals surface area contributed by atoms with Crippen LogP contribution in [-0.2, 0) is 17.9 Å². The van der Waals surface area contributed by atoms with E-state index in [1.165, 1.54) is 11.1 Å². The van der Waals surface area contributed by atoms with Gasteiger partial charge in [-0.1, -0.05) is 49.7 Å². The first-order chi connectivity index (χ1) is 15.9. The largest absolute Gasteiger partial charge is 0.326 e. The number of anilines is 1. The number of nitrogens with one attached hydrogen (secondary N) is 1. The Morgan fingerprint density at radius 3 is 2.58 bits per heavy atom. The van der Waals surface area contributed by atoms with Gasteiger partial charge in [-0.05, 0) is 83.2 Å². The fourth-order valence-corrected chi connectivity index (χ4v) is 4.76. The molecule has 0 unspecified atom stereocenters. The van der Waals surface area contributed by atoms with Gasteiger partial charge >= 0.3 is 0 Å². The number of hydrogen-bond acceptors (Lipinski definition) is 3. The van der Waals surface area contributed by atoms with Gasteiger partial charge in [-0.15, -0.1) is 0 Å². The molecule has 3 aromatic rings. The smallest absolute Gasteiger partial charge is 0.226 e. The highest BCUT2D eigenvalue weighted by Crippen LogP contribution is 2.31. The Hall–Kier alpha value is -2.15. The van der Waals surface area contributed by atoms with Crippen molar-refractivity contribution < 1.29 is 4.79 Å². The lowest BCUT2D eigenvalue weighted by Gasteiger charge is -2.32.